The lowest BCUT2D eigenvalue weighted by Crippen LogP contribution is -2.25. The van der Waals surface area contributed by atoms with Crippen LogP contribution in [0, 0.1) is 5.82 Å². The van der Waals surface area contributed by atoms with Crippen molar-refractivity contribution in [3.05, 3.63) is 29.1 Å². The summed E-state index contributed by atoms with van der Waals surface area (Å²) in [5, 5.41) is 0. The summed E-state index contributed by atoms with van der Waals surface area (Å²) in [5.41, 5.74) is 5.55. The van der Waals surface area contributed by atoms with Crippen LogP contribution in [-0.4, -0.2) is 12.6 Å². The fraction of sp³-hybridized carbons (Fsp3) is 0.500. The highest BCUT2D eigenvalue weighted by atomic mass is 19.3. The van der Waals surface area contributed by atoms with Crippen LogP contribution in [0.2, 0.25) is 0 Å². The van der Waals surface area contributed by atoms with Gasteiger partial charge in [-0.2, -0.15) is 0 Å². The molecule has 5 heteroatoms. The molecule has 0 aliphatic heterocycles. The average molecular weight is 245 g/mol. The van der Waals surface area contributed by atoms with E-state index < -0.39 is 17.8 Å². The van der Waals surface area contributed by atoms with Crippen LogP contribution in [0.15, 0.2) is 12.1 Å². The van der Waals surface area contributed by atoms with Gasteiger partial charge in [0.15, 0.2) is 0 Å². The molecule has 0 heterocycles. The predicted molar refractivity (Wildman–Crippen MR) is 57.8 cm³/mol. The molecule has 1 aromatic carbocycles. The Morgan fingerprint density at radius 1 is 1.41 bits per heavy atom. The molecule has 0 saturated heterocycles. The third kappa shape index (κ3) is 2.54. The van der Waals surface area contributed by atoms with Crippen molar-refractivity contribution in [1.29, 1.82) is 0 Å². The number of nitrogens with two attached hydrogens (primary N) is 1. The largest absolute Gasteiger partial charge is 0.496 e. The Morgan fingerprint density at radius 2 is 2.06 bits per heavy atom. The molecule has 0 spiro atoms. The van der Waals surface area contributed by atoms with E-state index in [1.54, 1.807) is 0 Å². The minimum absolute atomic E-state index is 0.0538. The summed E-state index contributed by atoms with van der Waals surface area (Å²) in [6.07, 6.45) is -0.728. The van der Waals surface area contributed by atoms with E-state index in [-0.39, 0.29) is 11.3 Å². The van der Waals surface area contributed by atoms with Crippen LogP contribution in [0.5, 0.6) is 5.75 Å². The van der Waals surface area contributed by atoms with Crippen molar-refractivity contribution in [2.24, 2.45) is 5.73 Å². The van der Waals surface area contributed by atoms with E-state index in [4.69, 9.17) is 10.5 Å². The molecule has 1 aliphatic rings. The smallest absolute Gasteiger partial charge is 0.267 e. The van der Waals surface area contributed by atoms with E-state index in [1.807, 2.05) is 0 Å². The average Bonchev–Trinajstić information content (AvgIpc) is 2.95. The lowest BCUT2D eigenvalue weighted by Gasteiger charge is -2.16. The van der Waals surface area contributed by atoms with Crippen molar-refractivity contribution >= 4 is 0 Å². The molecule has 2 rings (SSSR count). The first-order chi connectivity index (χ1) is 7.95. The molecule has 2 N–H and O–H groups in total. The molecule has 94 valence electrons. The van der Waals surface area contributed by atoms with Gasteiger partial charge in [-0.25, -0.2) is 13.2 Å². The van der Waals surface area contributed by atoms with Crippen LogP contribution in [0.1, 0.15) is 30.4 Å². The minimum Gasteiger partial charge on any atom is -0.496 e. The molecule has 1 fully saturated rings. The Kier molecular flexibility index (Phi) is 3.03. The molecule has 0 unspecified atom stereocenters. The minimum atomic E-state index is -2.76. The van der Waals surface area contributed by atoms with Gasteiger partial charge < -0.3 is 10.5 Å². The van der Waals surface area contributed by atoms with Gasteiger partial charge in [-0.1, -0.05) is 0 Å². The van der Waals surface area contributed by atoms with Gasteiger partial charge in [0.05, 0.1) is 12.7 Å². The van der Waals surface area contributed by atoms with Crippen LogP contribution in [-0.2, 0) is 6.42 Å². The molecule has 1 aromatic rings. The number of rotatable bonds is 4. The van der Waals surface area contributed by atoms with Crippen molar-refractivity contribution in [3.8, 4) is 5.75 Å². The second-order valence-electron chi connectivity index (χ2n) is 4.53. The summed E-state index contributed by atoms with van der Waals surface area (Å²) in [5.74, 6) is -0.626. The molecule has 0 amide bonds. The molecule has 1 aliphatic carbocycles. The Bertz CT molecular complexity index is 430. The highest BCUT2D eigenvalue weighted by Gasteiger charge is 2.39. The van der Waals surface area contributed by atoms with E-state index in [2.05, 4.69) is 0 Å². The Labute approximate surface area is 97.6 Å². The lowest BCUT2D eigenvalue weighted by atomic mass is 10.0. The Hall–Kier alpha value is -1.23. The first kappa shape index (κ1) is 12.2. The van der Waals surface area contributed by atoms with E-state index in [0.29, 0.717) is 12.0 Å². The van der Waals surface area contributed by atoms with Crippen molar-refractivity contribution in [3.63, 3.8) is 0 Å². The molecule has 17 heavy (non-hydrogen) atoms. The van der Waals surface area contributed by atoms with Gasteiger partial charge in [0.2, 0.25) is 0 Å². The van der Waals surface area contributed by atoms with Gasteiger partial charge >= 0.3 is 0 Å². The van der Waals surface area contributed by atoms with E-state index >= 15 is 0 Å². The summed E-state index contributed by atoms with van der Waals surface area (Å²) in [6.45, 7) is 0. The number of hydrogen-bond donors (Lipinski definition) is 1. The van der Waals surface area contributed by atoms with E-state index in [9.17, 15) is 13.2 Å². The first-order valence-electron chi connectivity index (χ1n) is 5.38. The standard InChI is InChI=1S/C12H14F3NO/c1-17-10-7(6-12(16)2-3-12)4-8(13)5-9(10)11(14)15/h4-5,11H,2-3,6,16H2,1H3. The van der Waals surface area contributed by atoms with Gasteiger partial charge in [0.25, 0.3) is 6.43 Å². The lowest BCUT2D eigenvalue weighted by molar-refractivity contribution is 0.146. The predicted octanol–water partition coefficient (Wildman–Crippen LogP) is 2.81. The van der Waals surface area contributed by atoms with Crippen LogP contribution >= 0.6 is 0 Å². The number of benzene rings is 1. The monoisotopic (exact) mass is 245 g/mol. The van der Waals surface area contributed by atoms with Crippen LogP contribution in [0.25, 0.3) is 0 Å². The van der Waals surface area contributed by atoms with E-state index in [0.717, 1.165) is 18.9 Å². The summed E-state index contributed by atoms with van der Waals surface area (Å²) < 4.78 is 43.7. The van der Waals surface area contributed by atoms with Gasteiger partial charge in [0, 0.05) is 5.54 Å². The van der Waals surface area contributed by atoms with Crippen molar-refractivity contribution < 1.29 is 17.9 Å². The SMILES string of the molecule is COc1c(CC2(N)CC2)cc(F)cc1C(F)F. The van der Waals surface area contributed by atoms with Crippen molar-refractivity contribution in [1.82, 2.24) is 0 Å². The molecule has 0 atom stereocenters. The maximum Gasteiger partial charge on any atom is 0.267 e. The van der Waals surface area contributed by atoms with Crippen molar-refractivity contribution in [2.75, 3.05) is 7.11 Å². The zero-order chi connectivity index (χ0) is 12.6. The highest BCUT2D eigenvalue weighted by Crippen LogP contribution is 2.40. The van der Waals surface area contributed by atoms with E-state index in [1.165, 1.54) is 13.2 Å². The summed E-state index contributed by atoms with van der Waals surface area (Å²) in [6, 6.07) is 2.03. The number of ether oxygens (including phenoxy) is 1. The molecule has 1 saturated carbocycles. The number of alkyl halides is 2. The van der Waals surface area contributed by atoms with Crippen LogP contribution in [0.4, 0.5) is 13.2 Å². The molecule has 0 bridgehead atoms. The van der Waals surface area contributed by atoms with Gasteiger partial charge in [-0.15, -0.1) is 0 Å². The zero-order valence-corrected chi connectivity index (χ0v) is 9.47. The number of halogens is 3. The van der Waals surface area contributed by atoms with Gasteiger partial charge in [-0.3, -0.25) is 0 Å². The normalized spacial score (nSPS) is 17.3. The number of hydrogen-bond acceptors (Lipinski definition) is 2. The highest BCUT2D eigenvalue weighted by molar-refractivity contribution is 5.44. The summed E-state index contributed by atoms with van der Waals surface area (Å²) >= 11 is 0. The van der Waals surface area contributed by atoms with Gasteiger partial charge in [-0.05, 0) is 37.0 Å². The topological polar surface area (TPSA) is 35.2 Å². The first-order valence-corrected chi connectivity index (χ1v) is 5.38. The second-order valence-corrected chi connectivity index (χ2v) is 4.53. The van der Waals surface area contributed by atoms with Gasteiger partial charge in [0.1, 0.15) is 11.6 Å². The fourth-order valence-electron chi connectivity index (χ4n) is 1.93. The molecular formula is C12H14F3NO. The molecule has 2 nitrogen and oxygen atoms in total. The third-order valence-electron chi connectivity index (χ3n) is 3.03. The number of methoxy groups -OCH3 is 1. The molecule has 0 aromatic heterocycles. The molecular weight excluding hydrogens is 231 g/mol. The maximum absolute atomic E-state index is 13.3. The second kappa shape index (κ2) is 4.22. The van der Waals surface area contributed by atoms with Crippen LogP contribution < -0.4 is 10.5 Å². The van der Waals surface area contributed by atoms with Crippen molar-refractivity contribution in [2.45, 2.75) is 31.2 Å². The third-order valence-corrected chi connectivity index (χ3v) is 3.03. The van der Waals surface area contributed by atoms with Crippen LogP contribution in [0.3, 0.4) is 0 Å². The Balaban J connectivity index is 2.41. The fourth-order valence-corrected chi connectivity index (χ4v) is 1.93. The summed E-state index contributed by atoms with van der Waals surface area (Å²) in [7, 11) is 1.30. The summed E-state index contributed by atoms with van der Waals surface area (Å²) in [4.78, 5) is 0. The zero-order valence-electron chi connectivity index (χ0n) is 9.47. The molecule has 0 radical (unpaired) electrons. The quantitative estimate of drug-likeness (QED) is 0.885. The Morgan fingerprint density at radius 3 is 2.53 bits per heavy atom. The maximum atomic E-state index is 13.3.